The van der Waals surface area contributed by atoms with E-state index in [2.05, 4.69) is 62.6 Å². The van der Waals surface area contributed by atoms with Crippen LogP contribution in [0.1, 0.15) is 99.8 Å². The van der Waals surface area contributed by atoms with Crippen LogP contribution in [0, 0.1) is 11.8 Å². The van der Waals surface area contributed by atoms with Crippen LogP contribution in [0.25, 0.3) is 30.6 Å². The molecule has 0 saturated heterocycles. The Balaban J connectivity index is 1.34. The highest BCUT2D eigenvalue weighted by Gasteiger charge is 2.14. The quantitative estimate of drug-likeness (QED) is 0.122. The van der Waals surface area contributed by atoms with Crippen LogP contribution in [-0.2, 0) is 0 Å². The van der Waals surface area contributed by atoms with Crippen molar-refractivity contribution in [1.29, 1.82) is 0 Å². The molecule has 2 aromatic carbocycles. The third-order valence-electron chi connectivity index (χ3n) is 8.51. The average molecular weight is 629 g/mol. The minimum Gasteiger partial charge on any atom is -0.352 e. The molecular formula is C38H48N2O2S2. The van der Waals surface area contributed by atoms with Crippen molar-refractivity contribution in [1.82, 2.24) is 10.6 Å². The molecule has 4 aromatic rings. The summed E-state index contributed by atoms with van der Waals surface area (Å²) in [4.78, 5) is 30.2. The molecule has 44 heavy (non-hydrogen) atoms. The van der Waals surface area contributed by atoms with Gasteiger partial charge in [-0.25, -0.2) is 0 Å². The second-order valence-electron chi connectivity index (χ2n) is 11.7. The number of amides is 2. The van der Waals surface area contributed by atoms with Crippen LogP contribution in [0.15, 0.2) is 72.8 Å². The van der Waals surface area contributed by atoms with Crippen molar-refractivity contribution in [2.75, 3.05) is 13.1 Å². The van der Waals surface area contributed by atoms with Gasteiger partial charge in [-0.05, 0) is 84.3 Å². The Hall–Kier alpha value is -3.22. The summed E-state index contributed by atoms with van der Waals surface area (Å²) in [5, 5.41) is 6.26. The predicted molar refractivity (Wildman–Crippen MR) is 190 cm³/mol. The van der Waals surface area contributed by atoms with E-state index in [1.54, 1.807) is 22.7 Å². The topological polar surface area (TPSA) is 58.2 Å². The minimum atomic E-state index is 0.00526. The summed E-state index contributed by atoms with van der Waals surface area (Å²) in [6.07, 6.45) is 9.33. The lowest BCUT2D eigenvalue weighted by atomic mass is 9.99. The molecule has 2 amide bonds. The molecule has 2 heterocycles. The van der Waals surface area contributed by atoms with Gasteiger partial charge >= 0.3 is 0 Å². The number of hydrogen-bond acceptors (Lipinski definition) is 4. The minimum absolute atomic E-state index is 0.00526. The number of carbonyl (C=O) groups excluding carboxylic acids is 2. The van der Waals surface area contributed by atoms with Crippen LogP contribution in [-0.4, -0.2) is 24.9 Å². The first-order valence-corrected chi connectivity index (χ1v) is 18.1. The van der Waals surface area contributed by atoms with Gasteiger partial charge in [0, 0.05) is 43.7 Å². The van der Waals surface area contributed by atoms with Crippen molar-refractivity contribution in [3.8, 4) is 30.6 Å². The first-order chi connectivity index (χ1) is 21.4. The Morgan fingerprint density at radius 3 is 1.25 bits per heavy atom. The molecular weight excluding hydrogens is 581 g/mol. The molecule has 6 heteroatoms. The first-order valence-electron chi connectivity index (χ1n) is 16.4. The molecule has 2 atom stereocenters. The molecule has 0 fully saturated rings. The lowest BCUT2D eigenvalue weighted by Crippen LogP contribution is -2.29. The van der Waals surface area contributed by atoms with Crippen LogP contribution in [0.4, 0.5) is 0 Å². The number of rotatable bonds is 17. The maximum Gasteiger partial charge on any atom is 0.251 e. The van der Waals surface area contributed by atoms with E-state index >= 15 is 0 Å². The van der Waals surface area contributed by atoms with Gasteiger partial charge in [0.05, 0.1) is 0 Å². The smallest absolute Gasteiger partial charge is 0.251 e. The number of thiophene rings is 2. The summed E-state index contributed by atoms with van der Waals surface area (Å²) < 4.78 is 0. The van der Waals surface area contributed by atoms with Crippen molar-refractivity contribution in [2.24, 2.45) is 11.8 Å². The highest BCUT2D eigenvalue weighted by atomic mass is 32.1. The van der Waals surface area contributed by atoms with Gasteiger partial charge in [-0.3, -0.25) is 9.59 Å². The van der Waals surface area contributed by atoms with Crippen molar-refractivity contribution in [2.45, 2.75) is 79.1 Å². The molecule has 0 aliphatic carbocycles. The highest BCUT2D eigenvalue weighted by molar-refractivity contribution is 7.25. The van der Waals surface area contributed by atoms with Gasteiger partial charge in [0.15, 0.2) is 0 Å². The molecule has 0 spiro atoms. The molecule has 2 unspecified atom stereocenters. The van der Waals surface area contributed by atoms with Crippen molar-refractivity contribution in [3.05, 3.63) is 83.9 Å². The summed E-state index contributed by atoms with van der Waals surface area (Å²) in [5.41, 5.74) is 3.65. The van der Waals surface area contributed by atoms with Crippen LogP contribution in [0.3, 0.4) is 0 Å². The molecule has 0 aliphatic rings. The number of benzene rings is 2. The standard InChI is InChI=1S/C38H48N2O2S2/c1-5-9-11-27(7-3)25-39-37(41)31-17-13-29(14-18-31)33-21-23-35(43-33)36-24-22-34(44-36)30-15-19-32(20-16-30)38(42)40-26-28(8-4)12-10-6-2/h13-24,27-28H,5-12,25-26H2,1-4H3,(H,39,41)(H,40,42). The second kappa shape index (κ2) is 17.3. The van der Waals surface area contributed by atoms with Crippen molar-refractivity contribution in [3.63, 3.8) is 0 Å². The molecule has 0 aliphatic heterocycles. The fourth-order valence-corrected chi connectivity index (χ4v) is 7.50. The Kier molecular flexibility index (Phi) is 13.2. The van der Waals surface area contributed by atoms with Gasteiger partial charge in [-0.1, -0.05) is 90.5 Å². The van der Waals surface area contributed by atoms with E-state index in [1.165, 1.54) is 58.0 Å². The highest BCUT2D eigenvalue weighted by Crippen LogP contribution is 2.40. The summed E-state index contributed by atoms with van der Waals surface area (Å²) in [7, 11) is 0. The van der Waals surface area contributed by atoms with E-state index in [0.29, 0.717) is 23.0 Å². The fraction of sp³-hybridized carbons (Fsp3) is 0.421. The molecule has 2 N–H and O–H groups in total. The number of unbranched alkanes of at least 4 members (excludes halogenated alkanes) is 2. The molecule has 0 saturated carbocycles. The SMILES string of the molecule is CCCCC(CC)CNC(=O)c1ccc(-c2ccc(-c3ccc(-c4ccc(C(=O)NCC(CC)CCCC)cc4)s3)s2)cc1. The van der Waals surface area contributed by atoms with E-state index < -0.39 is 0 Å². The van der Waals surface area contributed by atoms with Crippen molar-refractivity contribution >= 4 is 34.5 Å². The largest absolute Gasteiger partial charge is 0.352 e. The van der Waals surface area contributed by atoms with Crippen LogP contribution < -0.4 is 10.6 Å². The predicted octanol–water partition coefficient (Wildman–Crippen LogP) is 10.7. The molecule has 234 valence electrons. The summed E-state index contributed by atoms with van der Waals surface area (Å²) in [6.45, 7) is 10.3. The van der Waals surface area contributed by atoms with Crippen molar-refractivity contribution < 1.29 is 9.59 Å². The van der Waals surface area contributed by atoms with Gasteiger partial charge in [-0.15, -0.1) is 22.7 Å². The van der Waals surface area contributed by atoms with E-state index in [0.717, 1.165) is 37.1 Å². The lowest BCUT2D eigenvalue weighted by molar-refractivity contribution is 0.0937. The Labute approximate surface area is 272 Å². The van der Waals surface area contributed by atoms with Gasteiger partial charge in [0.2, 0.25) is 0 Å². The van der Waals surface area contributed by atoms with Crippen LogP contribution >= 0.6 is 22.7 Å². The average Bonchev–Trinajstić information content (AvgIpc) is 3.76. The van der Waals surface area contributed by atoms with Gasteiger partial charge < -0.3 is 10.6 Å². The number of nitrogens with one attached hydrogen (secondary N) is 2. The molecule has 4 nitrogen and oxygen atoms in total. The Morgan fingerprint density at radius 1 is 0.545 bits per heavy atom. The maximum atomic E-state index is 12.7. The Bertz CT molecular complexity index is 1340. The van der Waals surface area contributed by atoms with Gasteiger partial charge in [-0.2, -0.15) is 0 Å². The third kappa shape index (κ3) is 9.39. The molecule has 0 bridgehead atoms. The monoisotopic (exact) mass is 628 g/mol. The van der Waals surface area contributed by atoms with Gasteiger partial charge in [0.25, 0.3) is 11.8 Å². The van der Waals surface area contributed by atoms with Crippen LogP contribution in [0.2, 0.25) is 0 Å². The zero-order chi connectivity index (χ0) is 31.3. The first kappa shape index (κ1) is 33.7. The zero-order valence-corrected chi connectivity index (χ0v) is 28.4. The third-order valence-corrected chi connectivity index (χ3v) is 11.0. The normalized spacial score (nSPS) is 12.5. The van der Waals surface area contributed by atoms with E-state index in [4.69, 9.17) is 0 Å². The molecule has 4 rings (SSSR count). The number of carbonyl (C=O) groups is 2. The zero-order valence-electron chi connectivity index (χ0n) is 26.8. The summed E-state index contributed by atoms with van der Waals surface area (Å²) in [5.74, 6) is 1.10. The Morgan fingerprint density at radius 2 is 0.909 bits per heavy atom. The van der Waals surface area contributed by atoms with E-state index in [9.17, 15) is 9.59 Å². The lowest BCUT2D eigenvalue weighted by Gasteiger charge is -2.15. The molecule has 0 radical (unpaired) electrons. The molecule has 2 aromatic heterocycles. The summed E-state index contributed by atoms with van der Waals surface area (Å²) >= 11 is 3.53. The van der Waals surface area contributed by atoms with E-state index in [1.807, 2.05) is 48.5 Å². The number of hydrogen-bond donors (Lipinski definition) is 2. The van der Waals surface area contributed by atoms with Crippen LogP contribution in [0.5, 0.6) is 0 Å². The summed E-state index contributed by atoms with van der Waals surface area (Å²) in [6, 6.07) is 24.6. The maximum absolute atomic E-state index is 12.7. The fourth-order valence-electron chi connectivity index (χ4n) is 5.39. The second-order valence-corrected chi connectivity index (χ2v) is 13.9. The van der Waals surface area contributed by atoms with Gasteiger partial charge in [0.1, 0.15) is 0 Å². The van der Waals surface area contributed by atoms with E-state index in [-0.39, 0.29) is 11.8 Å².